The molecule has 2 aromatic carbocycles. The Morgan fingerprint density at radius 3 is 2.54 bits per heavy atom. The van der Waals surface area contributed by atoms with E-state index in [1.807, 2.05) is 18.2 Å². The zero-order valence-electron chi connectivity index (χ0n) is 20.7. The number of benzene rings is 2. The van der Waals surface area contributed by atoms with Crippen LogP contribution >= 0.6 is 11.6 Å². The largest absolute Gasteiger partial charge is 0.493 e. The first kappa shape index (κ1) is 26.1. The number of hydrogen-bond acceptors (Lipinski definition) is 8. The van der Waals surface area contributed by atoms with Crippen molar-refractivity contribution in [2.75, 3.05) is 32.7 Å². The molecule has 4 aromatic rings. The van der Waals surface area contributed by atoms with E-state index < -0.39 is 17.4 Å². The Balaban J connectivity index is 1.55. The molecule has 2 aromatic heterocycles. The number of fused-ring (bicyclic) bond motifs is 1. The number of H-pyrrole nitrogens is 1. The summed E-state index contributed by atoms with van der Waals surface area (Å²) in [5.41, 5.74) is 0.193. The summed E-state index contributed by atoms with van der Waals surface area (Å²) >= 11 is 5.90. The van der Waals surface area contributed by atoms with Gasteiger partial charge in [0.2, 0.25) is 5.95 Å². The molecular formula is C25H28ClN5O6. The van der Waals surface area contributed by atoms with Gasteiger partial charge in [0, 0.05) is 18.6 Å². The topological polar surface area (TPSA) is 133 Å². The maximum Gasteiger partial charge on any atom is 0.329 e. The van der Waals surface area contributed by atoms with Crippen LogP contribution in [0.15, 0.2) is 52.1 Å². The highest BCUT2D eigenvalue weighted by atomic mass is 35.5. The molecule has 0 fully saturated rings. The lowest BCUT2D eigenvalue weighted by molar-refractivity contribution is 0.0938. The van der Waals surface area contributed by atoms with Gasteiger partial charge < -0.3 is 29.2 Å². The summed E-state index contributed by atoms with van der Waals surface area (Å²) in [6, 6.07) is 12.4. The molecule has 3 N–H and O–H groups in total. The van der Waals surface area contributed by atoms with Gasteiger partial charge in [0.25, 0.3) is 5.56 Å². The molecule has 0 bridgehead atoms. The highest BCUT2D eigenvalue weighted by Crippen LogP contribution is 2.27. The molecule has 0 saturated heterocycles. The minimum Gasteiger partial charge on any atom is -0.493 e. The van der Waals surface area contributed by atoms with Crippen molar-refractivity contribution < 1.29 is 19.3 Å². The summed E-state index contributed by atoms with van der Waals surface area (Å²) in [6.45, 7) is 0.433. The van der Waals surface area contributed by atoms with E-state index in [1.54, 1.807) is 43.1 Å². The molecule has 0 amide bonds. The average molecular weight is 530 g/mol. The number of nitrogens with one attached hydrogen (secondary N) is 2. The lowest BCUT2D eigenvalue weighted by Crippen LogP contribution is -2.31. The number of methoxy groups -OCH3 is 2. The number of aromatic amines is 1. The Bertz CT molecular complexity index is 1490. The molecule has 4 rings (SSSR count). The third-order valence-corrected chi connectivity index (χ3v) is 6.05. The Kier molecular flexibility index (Phi) is 8.04. The molecule has 0 aliphatic rings. The lowest BCUT2D eigenvalue weighted by atomic mass is 10.1. The van der Waals surface area contributed by atoms with Crippen LogP contribution in [0.3, 0.4) is 0 Å². The van der Waals surface area contributed by atoms with Crippen LogP contribution in [-0.4, -0.2) is 57.7 Å². The normalized spacial score (nSPS) is 11.9. The van der Waals surface area contributed by atoms with E-state index in [1.165, 1.54) is 11.6 Å². The molecule has 2 heterocycles. The molecule has 196 valence electrons. The standard InChI is InChI=1S/C25H28ClN5O6/c1-30-22-21(23(33)29-25(30)34)31(13-17(32)14-37-18-7-5-16(26)6-8-18)24(28-22)27-11-10-15-4-9-19(35-2)20(12-15)36-3/h4-9,12,17,32H,10-11,13-14H2,1-3H3,(H,27,28)(H,29,33,34)/t17-/m1/s1. The second-order valence-electron chi connectivity index (χ2n) is 8.32. The van der Waals surface area contributed by atoms with Crippen LogP contribution in [0.4, 0.5) is 5.95 Å². The number of halogens is 1. The zero-order valence-corrected chi connectivity index (χ0v) is 21.4. The fourth-order valence-corrected chi connectivity index (χ4v) is 4.01. The van der Waals surface area contributed by atoms with Crippen LogP contribution in [0.25, 0.3) is 11.2 Å². The van der Waals surface area contributed by atoms with Crippen molar-refractivity contribution in [1.82, 2.24) is 19.1 Å². The predicted molar refractivity (Wildman–Crippen MR) is 140 cm³/mol. The number of aryl methyl sites for hydroxylation is 1. The maximum atomic E-state index is 12.7. The summed E-state index contributed by atoms with van der Waals surface area (Å²) in [5, 5.41) is 14.5. The number of aromatic nitrogens is 4. The van der Waals surface area contributed by atoms with Crippen LogP contribution in [-0.2, 0) is 20.0 Å². The number of nitrogens with zero attached hydrogens (tertiary/aromatic N) is 3. The third-order valence-electron chi connectivity index (χ3n) is 5.80. The number of rotatable bonds is 11. The van der Waals surface area contributed by atoms with Gasteiger partial charge in [0.05, 0.1) is 20.8 Å². The Labute approximate surface area is 217 Å². The van der Waals surface area contributed by atoms with E-state index in [-0.39, 0.29) is 24.3 Å². The van der Waals surface area contributed by atoms with Crippen LogP contribution in [0.1, 0.15) is 5.56 Å². The van der Waals surface area contributed by atoms with Gasteiger partial charge in [-0.25, -0.2) is 4.79 Å². The van der Waals surface area contributed by atoms with Crippen molar-refractivity contribution in [1.29, 1.82) is 0 Å². The minimum atomic E-state index is -0.976. The van der Waals surface area contributed by atoms with Gasteiger partial charge in [0.1, 0.15) is 18.5 Å². The molecular weight excluding hydrogens is 502 g/mol. The summed E-state index contributed by atoms with van der Waals surface area (Å²) in [5.74, 6) is 2.15. The minimum absolute atomic E-state index is 0.00403. The molecule has 0 unspecified atom stereocenters. The number of aliphatic hydroxyl groups is 1. The Morgan fingerprint density at radius 1 is 1.11 bits per heavy atom. The summed E-state index contributed by atoms with van der Waals surface area (Å²) in [7, 11) is 4.67. The molecule has 0 aliphatic heterocycles. The number of imidazole rings is 1. The maximum absolute atomic E-state index is 12.7. The van der Waals surface area contributed by atoms with Crippen molar-refractivity contribution in [3.8, 4) is 17.2 Å². The predicted octanol–water partition coefficient (Wildman–Crippen LogP) is 2.19. The van der Waals surface area contributed by atoms with Crippen LogP contribution in [0.2, 0.25) is 5.02 Å². The van der Waals surface area contributed by atoms with E-state index in [9.17, 15) is 14.7 Å². The van der Waals surface area contributed by atoms with Gasteiger partial charge >= 0.3 is 5.69 Å². The summed E-state index contributed by atoms with van der Waals surface area (Å²) in [4.78, 5) is 31.6. The van der Waals surface area contributed by atoms with Gasteiger partial charge in [-0.15, -0.1) is 0 Å². The number of ether oxygens (including phenoxy) is 3. The SMILES string of the molecule is COc1ccc(CCNc2nc3c(c(=O)[nH]c(=O)n3C)n2C[C@@H](O)COc2ccc(Cl)cc2)cc1OC. The molecule has 0 aliphatic carbocycles. The molecule has 11 nitrogen and oxygen atoms in total. The summed E-state index contributed by atoms with van der Waals surface area (Å²) < 4.78 is 19.1. The van der Waals surface area contributed by atoms with Crippen molar-refractivity contribution in [3.05, 3.63) is 73.9 Å². The Morgan fingerprint density at radius 2 is 1.84 bits per heavy atom. The average Bonchev–Trinajstić information content (AvgIpc) is 3.25. The van der Waals surface area contributed by atoms with Crippen molar-refractivity contribution in [3.63, 3.8) is 0 Å². The second-order valence-corrected chi connectivity index (χ2v) is 8.76. The van der Waals surface area contributed by atoms with Gasteiger partial charge in [-0.1, -0.05) is 17.7 Å². The molecule has 0 radical (unpaired) electrons. The first-order chi connectivity index (χ1) is 17.8. The van der Waals surface area contributed by atoms with Gasteiger partial charge in [-0.05, 0) is 48.4 Å². The summed E-state index contributed by atoms with van der Waals surface area (Å²) in [6.07, 6.45) is -0.364. The quantitative estimate of drug-likeness (QED) is 0.269. The van der Waals surface area contributed by atoms with E-state index in [2.05, 4.69) is 15.3 Å². The fourth-order valence-electron chi connectivity index (χ4n) is 3.89. The van der Waals surface area contributed by atoms with Crippen LogP contribution in [0.5, 0.6) is 17.2 Å². The van der Waals surface area contributed by atoms with E-state index >= 15 is 0 Å². The fraction of sp³-hybridized carbons (Fsp3) is 0.320. The van der Waals surface area contributed by atoms with Crippen LogP contribution < -0.4 is 30.8 Å². The van der Waals surface area contributed by atoms with Crippen LogP contribution in [0, 0.1) is 0 Å². The zero-order chi connectivity index (χ0) is 26.5. The molecule has 0 saturated carbocycles. The van der Waals surface area contributed by atoms with Crippen molar-refractivity contribution >= 4 is 28.7 Å². The highest BCUT2D eigenvalue weighted by molar-refractivity contribution is 6.30. The van der Waals surface area contributed by atoms with Gasteiger partial charge in [-0.3, -0.25) is 14.3 Å². The van der Waals surface area contributed by atoms with Crippen molar-refractivity contribution in [2.45, 2.75) is 19.1 Å². The lowest BCUT2D eigenvalue weighted by Gasteiger charge is -2.16. The van der Waals surface area contributed by atoms with Crippen molar-refractivity contribution in [2.24, 2.45) is 7.05 Å². The first-order valence-electron chi connectivity index (χ1n) is 11.5. The van der Waals surface area contributed by atoms with E-state index in [0.29, 0.717) is 41.2 Å². The monoisotopic (exact) mass is 529 g/mol. The number of anilines is 1. The third kappa shape index (κ3) is 5.89. The smallest absolute Gasteiger partial charge is 0.329 e. The van der Waals surface area contributed by atoms with Gasteiger partial charge in [-0.2, -0.15) is 4.98 Å². The molecule has 37 heavy (non-hydrogen) atoms. The molecule has 0 spiro atoms. The molecule has 12 heteroatoms. The second kappa shape index (κ2) is 11.4. The first-order valence-corrected chi connectivity index (χ1v) is 11.9. The number of aliphatic hydroxyl groups excluding tert-OH is 1. The molecule has 1 atom stereocenters. The Hall–Kier alpha value is -3.96. The van der Waals surface area contributed by atoms with E-state index in [4.69, 9.17) is 25.8 Å². The highest BCUT2D eigenvalue weighted by Gasteiger charge is 2.20. The van der Waals surface area contributed by atoms with E-state index in [0.717, 1.165) is 5.56 Å². The number of hydrogen-bond donors (Lipinski definition) is 3. The van der Waals surface area contributed by atoms with Gasteiger partial charge in [0.15, 0.2) is 22.7 Å².